The number of carboxylic acids is 1. The molecule has 0 bridgehead atoms. The van der Waals surface area contributed by atoms with Gasteiger partial charge < -0.3 is 14.7 Å². The second-order valence-corrected chi connectivity index (χ2v) is 7.43. The van der Waals surface area contributed by atoms with Gasteiger partial charge >= 0.3 is 5.97 Å². The van der Waals surface area contributed by atoms with Crippen LogP contribution in [0.15, 0.2) is 72.8 Å². The Kier molecular flexibility index (Phi) is 5.71. The summed E-state index contributed by atoms with van der Waals surface area (Å²) in [6.45, 7) is 0. The van der Waals surface area contributed by atoms with Gasteiger partial charge in [-0.15, -0.1) is 0 Å². The first-order valence-corrected chi connectivity index (χ1v) is 10.0. The van der Waals surface area contributed by atoms with E-state index in [1.165, 1.54) is 18.1 Å². The highest BCUT2D eigenvalue weighted by Gasteiger charge is 2.44. The van der Waals surface area contributed by atoms with Crippen molar-refractivity contribution in [2.45, 2.75) is 24.9 Å². The van der Waals surface area contributed by atoms with Crippen molar-refractivity contribution in [3.05, 3.63) is 89.7 Å². The molecular formula is C25H22FNO4. The molecule has 1 fully saturated rings. The van der Waals surface area contributed by atoms with Gasteiger partial charge in [-0.1, -0.05) is 60.7 Å². The molecule has 1 amide bonds. The van der Waals surface area contributed by atoms with Crippen LogP contribution in [-0.2, 0) is 4.79 Å². The number of ether oxygens (including phenoxy) is 1. The highest BCUT2D eigenvalue weighted by molar-refractivity contribution is 6.05. The van der Waals surface area contributed by atoms with Crippen LogP contribution >= 0.6 is 0 Å². The van der Waals surface area contributed by atoms with E-state index in [4.69, 9.17) is 4.74 Å². The van der Waals surface area contributed by atoms with Crippen molar-refractivity contribution in [2.75, 3.05) is 7.11 Å². The summed E-state index contributed by atoms with van der Waals surface area (Å²) in [5, 5.41) is 9.81. The molecule has 2 atom stereocenters. The van der Waals surface area contributed by atoms with E-state index in [2.05, 4.69) is 0 Å². The standard InChI is InChI=1S/C25H22FNO4/c1-31-22-13-7-11-17(16-8-3-2-4-9-16)23(22)24(28)27-20(14-15-21(27)25(29)30)18-10-5-6-12-19(18)26/h2-13,20-21H,14-15H2,1H3,(H,29,30)/t20-,21-/m0/s1. The molecule has 1 N–H and O–H groups in total. The lowest BCUT2D eigenvalue weighted by molar-refractivity contribution is -0.141. The predicted octanol–water partition coefficient (Wildman–Crippen LogP) is 4.93. The molecule has 3 aromatic carbocycles. The fraction of sp³-hybridized carbons (Fsp3) is 0.200. The largest absolute Gasteiger partial charge is 0.496 e. The van der Waals surface area contributed by atoms with Gasteiger partial charge in [-0.05, 0) is 36.1 Å². The first-order valence-electron chi connectivity index (χ1n) is 10.0. The van der Waals surface area contributed by atoms with Crippen molar-refractivity contribution in [1.82, 2.24) is 4.90 Å². The van der Waals surface area contributed by atoms with Gasteiger partial charge in [0.1, 0.15) is 17.6 Å². The number of hydrogen-bond acceptors (Lipinski definition) is 3. The minimum absolute atomic E-state index is 0.246. The summed E-state index contributed by atoms with van der Waals surface area (Å²) >= 11 is 0. The number of methoxy groups -OCH3 is 1. The summed E-state index contributed by atoms with van der Waals surface area (Å²) < 4.78 is 20.1. The zero-order valence-electron chi connectivity index (χ0n) is 17.0. The predicted molar refractivity (Wildman–Crippen MR) is 114 cm³/mol. The minimum atomic E-state index is -1.11. The lowest BCUT2D eigenvalue weighted by Gasteiger charge is -2.30. The second kappa shape index (κ2) is 8.60. The quantitative estimate of drug-likeness (QED) is 0.637. The van der Waals surface area contributed by atoms with Crippen molar-refractivity contribution < 1.29 is 23.8 Å². The number of hydrogen-bond donors (Lipinski definition) is 1. The number of likely N-dealkylation sites (tertiary alicyclic amines) is 1. The number of aliphatic carboxylic acids is 1. The fourth-order valence-electron chi connectivity index (χ4n) is 4.30. The monoisotopic (exact) mass is 419 g/mol. The van der Waals surface area contributed by atoms with Crippen LogP contribution in [0.5, 0.6) is 5.75 Å². The maximum Gasteiger partial charge on any atom is 0.326 e. The molecule has 0 aliphatic carbocycles. The Hall–Kier alpha value is -3.67. The molecular weight excluding hydrogens is 397 g/mol. The van der Waals surface area contributed by atoms with Gasteiger partial charge in [0, 0.05) is 5.56 Å². The molecule has 1 saturated heterocycles. The third kappa shape index (κ3) is 3.77. The zero-order valence-corrected chi connectivity index (χ0v) is 17.0. The Balaban J connectivity index is 1.87. The molecule has 0 unspecified atom stereocenters. The van der Waals surface area contributed by atoms with E-state index in [0.717, 1.165) is 5.56 Å². The Morgan fingerprint density at radius 2 is 1.68 bits per heavy atom. The van der Waals surface area contributed by atoms with Crippen LogP contribution in [0.3, 0.4) is 0 Å². The van der Waals surface area contributed by atoms with E-state index in [-0.39, 0.29) is 12.0 Å². The molecule has 1 heterocycles. The zero-order chi connectivity index (χ0) is 22.0. The van der Waals surface area contributed by atoms with Crippen molar-refractivity contribution in [3.63, 3.8) is 0 Å². The van der Waals surface area contributed by atoms with E-state index in [9.17, 15) is 19.1 Å². The molecule has 0 radical (unpaired) electrons. The van der Waals surface area contributed by atoms with Crippen LogP contribution < -0.4 is 4.74 Å². The number of nitrogens with zero attached hydrogens (tertiary/aromatic N) is 1. The van der Waals surface area contributed by atoms with Crippen molar-refractivity contribution in [1.29, 1.82) is 0 Å². The second-order valence-electron chi connectivity index (χ2n) is 7.43. The summed E-state index contributed by atoms with van der Waals surface area (Å²) in [6.07, 6.45) is 0.607. The van der Waals surface area contributed by atoms with Crippen LogP contribution in [0.2, 0.25) is 0 Å². The Labute approximate surface area is 179 Å². The Morgan fingerprint density at radius 1 is 0.968 bits per heavy atom. The molecule has 0 saturated carbocycles. The van der Waals surface area contributed by atoms with Crippen molar-refractivity contribution >= 4 is 11.9 Å². The first kappa shape index (κ1) is 20.6. The van der Waals surface area contributed by atoms with Gasteiger partial charge in [0.25, 0.3) is 5.91 Å². The molecule has 31 heavy (non-hydrogen) atoms. The highest BCUT2D eigenvalue weighted by Crippen LogP contribution is 2.41. The van der Waals surface area contributed by atoms with Crippen LogP contribution in [-0.4, -0.2) is 35.0 Å². The van der Waals surface area contributed by atoms with Gasteiger partial charge in [-0.25, -0.2) is 9.18 Å². The SMILES string of the molecule is COc1cccc(-c2ccccc2)c1C(=O)N1[C@H](C(=O)O)CC[C@H]1c1ccccc1F. The van der Waals surface area contributed by atoms with E-state index < -0.39 is 29.8 Å². The maximum atomic E-state index is 14.6. The molecule has 0 aromatic heterocycles. The molecule has 158 valence electrons. The third-order valence-corrected chi connectivity index (χ3v) is 5.71. The molecule has 5 nitrogen and oxygen atoms in total. The smallest absolute Gasteiger partial charge is 0.326 e. The number of halogens is 1. The average molecular weight is 419 g/mol. The van der Waals surface area contributed by atoms with Crippen LogP contribution in [0.4, 0.5) is 4.39 Å². The van der Waals surface area contributed by atoms with E-state index in [1.54, 1.807) is 36.4 Å². The molecule has 1 aliphatic heterocycles. The molecule has 6 heteroatoms. The van der Waals surface area contributed by atoms with Crippen molar-refractivity contribution in [3.8, 4) is 16.9 Å². The Morgan fingerprint density at radius 3 is 2.35 bits per heavy atom. The van der Waals surface area contributed by atoms with Crippen LogP contribution in [0.1, 0.15) is 34.8 Å². The van der Waals surface area contributed by atoms with Gasteiger partial charge in [0.05, 0.1) is 18.7 Å². The van der Waals surface area contributed by atoms with E-state index >= 15 is 0 Å². The van der Waals surface area contributed by atoms with Crippen molar-refractivity contribution in [2.24, 2.45) is 0 Å². The molecule has 4 rings (SSSR count). The first-order chi connectivity index (χ1) is 15.0. The maximum absolute atomic E-state index is 14.6. The lowest BCUT2D eigenvalue weighted by atomic mass is 9.96. The topological polar surface area (TPSA) is 66.8 Å². The van der Waals surface area contributed by atoms with Gasteiger partial charge in [-0.2, -0.15) is 0 Å². The number of rotatable bonds is 5. The summed E-state index contributed by atoms with van der Waals surface area (Å²) in [6, 6.07) is 19.1. The summed E-state index contributed by atoms with van der Waals surface area (Å²) in [7, 11) is 1.47. The number of amides is 1. The summed E-state index contributed by atoms with van der Waals surface area (Å²) in [5.41, 5.74) is 2.02. The Bertz CT molecular complexity index is 1120. The number of carboxylic acid groups (broad SMARTS) is 1. The number of benzene rings is 3. The minimum Gasteiger partial charge on any atom is -0.496 e. The summed E-state index contributed by atoms with van der Waals surface area (Å²) in [4.78, 5) is 27.2. The highest BCUT2D eigenvalue weighted by atomic mass is 19.1. The lowest BCUT2D eigenvalue weighted by Crippen LogP contribution is -2.42. The van der Waals surface area contributed by atoms with Crippen LogP contribution in [0, 0.1) is 5.82 Å². The number of carbonyl (C=O) groups excluding carboxylic acids is 1. The van der Waals surface area contributed by atoms with E-state index in [0.29, 0.717) is 23.3 Å². The molecule has 1 aliphatic rings. The molecule has 0 spiro atoms. The van der Waals surface area contributed by atoms with Gasteiger partial charge in [0.15, 0.2) is 0 Å². The van der Waals surface area contributed by atoms with Gasteiger partial charge in [0.2, 0.25) is 0 Å². The number of carbonyl (C=O) groups is 2. The summed E-state index contributed by atoms with van der Waals surface area (Å²) in [5.74, 6) is -1.72. The van der Waals surface area contributed by atoms with Gasteiger partial charge in [-0.3, -0.25) is 4.79 Å². The fourth-order valence-corrected chi connectivity index (χ4v) is 4.30. The average Bonchev–Trinajstić information content (AvgIpc) is 3.24. The third-order valence-electron chi connectivity index (χ3n) is 5.71. The normalized spacial score (nSPS) is 18.1. The van der Waals surface area contributed by atoms with E-state index in [1.807, 2.05) is 30.3 Å². The van der Waals surface area contributed by atoms with Crippen LogP contribution in [0.25, 0.3) is 11.1 Å². The molecule has 3 aromatic rings.